The van der Waals surface area contributed by atoms with Crippen LogP contribution in [0.3, 0.4) is 0 Å². The second-order valence-electron chi connectivity index (χ2n) is 3.64. The third-order valence-electron chi connectivity index (χ3n) is 2.57. The molecule has 1 N–H and O–H groups in total. The molecule has 0 aliphatic carbocycles. The van der Waals surface area contributed by atoms with Gasteiger partial charge in [0.1, 0.15) is 11.6 Å². The fourth-order valence-corrected chi connectivity index (χ4v) is 1.95. The third kappa shape index (κ3) is 1.74. The smallest absolute Gasteiger partial charge is 0.140 e. The summed E-state index contributed by atoms with van der Waals surface area (Å²) in [6, 6.07) is 0. The summed E-state index contributed by atoms with van der Waals surface area (Å²) in [7, 11) is 0. The van der Waals surface area contributed by atoms with Crippen LogP contribution in [0.2, 0.25) is 0 Å². The Morgan fingerprint density at radius 2 is 2.38 bits per heavy atom. The first kappa shape index (κ1) is 8.73. The van der Waals surface area contributed by atoms with Crippen LogP contribution in [0.25, 0.3) is 0 Å². The van der Waals surface area contributed by atoms with Crippen molar-refractivity contribution in [3.8, 4) is 0 Å². The van der Waals surface area contributed by atoms with Crippen molar-refractivity contribution in [3.63, 3.8) is 0 Å². The fraction of sp³-hybridized carbons (Fsp3) is 0.800. The van der Waals surface area contributed by atoms with Gasteiger partial charge in [-0.25, -0.2) is 0 Å². The van der Waals surface area contributed by atoms with E-state index in [-0.39, 0.29) is 0 Å². The van der Waals surface area contributed by atoms with Crippen molar-refractivity contribution in [2.45, 2.75) is 26.2 Å². The molecule has 3 nitrogen and oxygen atoms in total. The van der Waals surface area contributed by atoms with E-state index in [0.29, 0.717) is 0 Å². The summed E-state index contributed by atoms with van der Waals surface area (Å²) in [6.07, 6.45) is 3.44. The summed E-state index contributed by atoms with van der Waals surface area (Å²) >= 11 is 0. The lowest BCUT2D eigenvalue weighted by Gasteiger charge is -2.26. The molecule has 0 atom stereocenters. The topological polar surface area (TPSA) is 24.5 Å². The zero-order chi connectivity index (χ0) is 9.10. The van der Waals surface area contributed by atoms with Gasteiger partial charge in [0, 0.05) is 26.1 Å². The van der Waals surface area contributed by atoms with Gasteiger partial charge in [0.25, 0.3) is 0 Å². The normalized spacial score (nSPS) is 21.5. The number of fused-ring (bicyclic) bond motifs is 1. The molecule has 0 spiro atoms. The molecule has 2 heterocycles. The lowest BCUT2D eigenvalue weighted by Crippen LogP contribution is -2.27. The molecule has 0 radical (unpaired) electrons. The SMILES string of the molecule is CCCOC1=C2NCCN2CCC1. The molecule has 0 bridgehead atoms. The van der Waals surface area contributed by atoms with Crippen molar-refractivity contribution in [1.29, 1.82) is 0 Å². The number of ether oxygens (including phenoxy) is 1. The summed E-state index contributed by atoms with van der Waals surface area (Å²) in [5, 5.41) is 3.40. The van der Waals surface area contributed by atoms with E-state index in [9.17, 15) is 0 Å². The molecule has 1 fully saturated rings. The molecule has 3 heteroatoms. The number of nitrogens with one attached hydrogen (secondary N) is 1. The second kappa shape index (κ2) is 3.90. The zero-order valence-electron chi connectivity index (χ0n) is 8.31. The molecule has 0 amide bonds. The number of hydrogen-bond acceptors (Lipinski definition) is 3. The van der Waals surface area contributed by atoms with Gasteiger partial charge in [-0.1, -0.05) is 6.92 Å². The quantitative estimate of drug-likeness (QED) is 0.711. The molecule has 1 saturated heterocycles. The standard InChI is InChI=1S/C10H18N2O/c1-2-8-13-9-4-3-6-12-7-5-11-10(9)12/h11H,2-8H2,1H3. The lowest BCUT2D eigenvalue weighted by molar-refractivity contribution is 0.171. The minimum atomic E-state index is 0.856. The average Bonchev–Trinajstić information content (AvgIpc) is 2.62. The van der Waals surface area contributed by atoms with Crippen LogP contribution >= 0.6 is 0 Å². The summed E-state index contributed by atoms with van der Waals surface area (Å²) < 4.78 is 5.72. The van der Waals surface area contributed by atoms with Crippen LogP contribution in [0.15, 0.2) is 11.6 Å². The van der Waals surface area contributed by atoms with Gasteiger partial charge < -0.3 is 15.0 Å². The maximum Gasteiger partial charge on any atom is 0.140 e. The van der Waals surface area contributed by atoms with Gasteiger partial charge >= 0.3 is 0 Å². The predicted molar refractivity (Wildman–Crippen MR) is 52.1 cm³/mol. The number of rotatable bonds is 3. The van der Waals surface area contributed by atoms with Gasteiger partial charge in [0.05, 0.1) is 6.61 Å². The second-order valence-corrected chi connectivity index (χ2v) is 3.64. The minimum Gasteiger partial charge on any atom is -0.494 e. The minimum absolute atomic E-state index is 0.856. The first-order valence-electron chi connectivity index (χ1n) is 5.26. The number of hydrogen-bond donors (Lipinski definition) is 1. The van der Waals surface area contributed by atoms with Gasteiger partial charge in [-0.05, 0) is 12.8 Å². The van der Waals surface area contributed by atoms with E-state index in [2.05, 4.69) is 17.1 Å². The zero-order valence-corrected chi connectivity index (χ0v) is 8.31. The maximum absolute atomic E-state index is 5.72. The molecule has 0 unspecified atom stereocenters. The van der Waals surface area contributed by atoms with E-state index in [1.54, 1.807) is 0 Å². The van der Waals surface area contributed by atoms with Crippen molar-refractivity contribution >= 4 is 0 Å². The van der Waals surface area contributed by atoms with E-state index in [1.165, 1.54) is 24.5 Å². The van der Waals surface area contributed by atoms with Crippen LogP contribution in [-0.4, -0.2) is 31.1 Å². The lowest BCUT2D eigenvalue weighted by atomic mass is 10.2. The van der Waals surface area contributed by atoms with Crippen LogP contribution in [-0.2, 0) is 4.74 Å². The Morgan fingerprint density at radius 3 is 3.23 bits per heavy atom. The van der Waals surface area contributed by atoms with E-state index in [0.717, 1.165) is 32.5 Å². The fourth-order valence-electron chi connectivity index (χ4n) is 1.95. The summed E-state index contributed by atoms with van der Waals surface area (Å²) in [6.45, 7) is 6.42. The summed E-state index contributed by atoms with van der Waals surface area (Å²) in [4.78, 5) is 2.40. The third-order valence-corrected chi connectivity index (χ3v) is 2.57. The van der Waals surface area contributed by atoms with Crippen LogP contribution < -0.4 is 5.32 Å². The monoisotopic (exact) mass is 182 g/mol. The molecule has 0 saturated carbocycles. The molecular weight excluding hydrogens is 164 g/mol. The van der Waals surface area contributed by atoms with Gasteiger partial charge in [0.15, 0.2) is 0 Å². The van der Waals surface area contributed by atoms with Crippen LogP contribution in [0, 0.1) is 0 Å². The van der Waals surface area contributed by atoms with Crippen LogP contribution in [0.1, 0.15) is 26.2 Å². The Bertz CT molecular complexity index is 213. The van der Waals surface area contributed by atoms with Crippen molar-refractivity contribution in [2.24, 2.45) is 0 Å². The van der Waals surface area contributed by atoms with Crippen molar-refractivity contribution in [3.05, 3.63) is 11.6 Å². The Morgan fingerprint density at radius 1 is 1.46 bits per heavy atom. The average molecular weight is 182 g/mol. The summed E-state index contributed by atoms with van der Waals surface area (Å²) in [5.74, 6) is 2.45. The van der Waals surface area contributed by atoms with Crippen LogP contribution in [0.5, 0.6) is 0 Å². The highest BCUT2D eigenvalue weighted by Crippen LogP contribution is 2.23. The van der Waals surface area contributed by atoms with E-state index >= 15 is 0 Å². The molecule has 0 aromatic carbocycles. The van der Waals surface area contributed by atoms with Crippen molar-refractivity contribution < 1.29 is 4.74 Å². The highest BCUT2D eigenvalue weighted by molar-refractivity contribution is 5.12. The van der Waals surface area contributed by atoms with Crippen LogP contribution in [0.4, 0.5) is 0 Å². The number of nitrogens with zero attached hydrogens (tertiary/aromatic N) is 1. The number of allylic oxidation sites excluding steroid dienone is 1. The first-order chi connectivity index (χ1) is 6.42. The van der Waals surface area contributed by atoms with Gasteiger partial charge in [-0.15, -0.1) is 0 Å². The van der Waals surface area contributed by atoms with Gasteiger partial charge in [-0.2, -0.15) is 0 Å². The predicted octanol–water partition coefficient (Wildman–Crippen LogP) is 1.28. The summed E-state index contributed by atoms with van der Waals surface area (Å²) in [5.41, 5.74) is 0. The molecule has 2 rings (SSSR count). The highest BCUT2D eigenvalue weighted by Gasteiger charge is 2.24. The molecule has 2 aliphatic heterocycles. The van der Waals surface area contributed by atoms with Gasteiger partial charge in [-0.3, -0.25) is 0 Å². The molecule has 2 aliphatic rings. The van der Waals surface area contributed by atoms with Crippen molar-refractivity contribution in [2.75, 3.05) is 26.2 Å². The Labute approximate surface area is 79.7 Å². The van der Waals surface area contributed by atoms with E-state index in [1.807, 2.05) is 0 Å². The Kier molecular flexibility index (Phi) is 2.62. The van der Waals surface area contributed by atoms with E-state index in [4.69, 9.17) is 4.74 Å². The highest BCUT2D eigenvalue weighted by atomic mass is 16.5. The Hall–Kier alpha value is -0.860. The maximum atomic E-state index is 5.72. The van der Waals surface area contributed by atoms with Gasteiger partial charge in [0.2, 0.25) is 0 Å². The molecule has 74 valence electrons. The molecule has 0 aromatic rings. The largest absolute Gasteiger partial charge is 0.494 e. The van der Waals surface area contributed by atoms with E-state index < -0.39 is 0 Å². The van der Waals surface area contributed by atoms with Crippen molar-refractivity contribution in [1.82, 2.24) is 10.2 Å². The first-order valence-corrected chi connectivity index (χ1v) is 5.26. The molecule has 0 aromatic heterocycles. The molecule has 13 heavy (non-hydrogen) atoms. The molecular formula is C10H18N2O. The Balaban J connectivity index is 2.04.